The van der Waals surface area contributed by atoms with Crippen molar-refractivity contribution in [1.29, 1.82) is 0 Å². The van der Waals surface area contributed by atoms with Crippen molar-refractivity contribution in [2.24, 2.45) is 5.92 Å². The lowest BCUT2D eigenvalue weighted by atomic mass is 9.68. The van der Waals surface area contributed by atoms with Gasteiger partial charge in [0.2, 0.25) is 0 Å². The average Bonchev–Trinajstić information content (AvgIpc) is 1.51. The molecule has 8 aromatic rings. The molecule has 0 radical (unpaired) electrons. The van der Waals surface area contributed by atoms with Gasteiger partial charge in [-0.05, 0) is 313 Å². The predicted octanol–water partition coefficient (Wildman–Crippen LogP) is 32.2. The molecule has 12 heteroatoms. The third-order valence-electron chi connectivity index (χ3n) is 29.2. The molecular weight excluding hydrogens is 1640 g/mol. The molecule has 134 heavy (non-hydrogen) atoms. The van der Waals surface area contributed by atoms with Crippen LogP contribution in [0.15, 0.2) is 170 Å². The summed E-state index contributed by atoms with van der Waals surface area (Å²) in [6.07, 6.45) is 21.9. The highest BCUT2D eigenvalue weighted by molar-refractivity contribution is 6.08. The number of rotatable bonds is 0. The Bertz CT molecular complexity index is 4480. The van der Waals surface area contributed by atoms with Crippen LogP contribution in [0, 0.1) is 5.92 Å². The third-order valence-corrected chi connectivity index (χ3v) is 29.2. The average molecular weight is 1840 g/mol. The van der Waals surface area contributed by atoms with Crippen LogP contribution in [-0.2, 0) is 56.7 Å². The fourth-order valence-electron chi connectivity index (χ4n) is 23.0. The number of hydrogen-bond donors (Lipinski definition) is 0. The zero-order valence-electron chi connectivity index (χ0n) is 92.4. The first-order valence-corrected chi connectivity index (χ1v) is 53.9. The normalized spacial score (nSPS) is 23.2. The molecule has 6 saturated heterocycles. The molecule has 7 fully saturated rings. The second kappa shape index (κ2) is 50.3. The molecule has 0 N–H and O–H groups in total. The molecule has 20 rings (SSSR count). The van der Waals surface area contributed by atoms with E-state index < -0.39 is 0 Å². The van der Waals surface area contributed by atoms with Gasteiger partial charge >= 0.3 is 0 Å². The predicted molar refractivity (Wildman–Crippen MR) is 587 cm³/mol. The summed E-state index contributed by atoms with van der Waals surface area (Å²) >= 11 is 0. The molecule has 6 unspecified atom stereocenters. The maximum atomic E-state index is 6.14. The third kappa shape index (κ3) is 26.6. The maximum absolute atomic E-state index is 6.14. The number of likely N-dealkylation sites (tertiary alicyclic amines) is 1. The van der Waals surface area contributed by atoms with Crippen molar-refractivity contribution < 1.29 is 23.7 Å². The molecule has 750 valence electrons. The number of fused-ring (bicyclic) bond motifs is 14. The van der Waals surface area contributed by atoms with Gasteiger partial charge in [-0.1, -0.05) is 237 Å². The Morgan fingerprint density at radius 2 is 0.575 bits per heavy atom. The minimum Gasteiger partial charge on any atom is -0.381 e. The Morgan fingerprint density at radius 1 is 0.254 bits per heavy atom. The molecule has 0 bridgehead atoms. The topological polar surface area (TPSA) is 70.5 Å². The zero-order valence-corrected chi connectivity index (χ0v) is 92.4. The molecule has 11 aliphatic heterocycles. The Balaban J connectivity index is 0.000000209. The SMILES string of the molecule is CC.CC.CC.CC.CC.CC.CC.CC(C)(C)N1CC2(CCCO2)c2ccccc21.CC(C)(C)N1CC2(CCOC2)c2ccccc21.CC(C)(C)N1CCC2(CCCO2)c2ccccc21.CC(C)(C)N1CCC2(CCOC2)c2ccccc21.CC(C)(C)N1CCC2(CCOCC2)c2ccccc21.CC(C)(C)N1CCCC2CCCCC21.CC(C)(C)n1c2ccccc2c2ccccc21. The summed E-state index contributed by atoms with van der Waals surface area (Å²) in [6, 6.07) is 62.5. The van der Waals surface area contributed by atoms with E-state index in [0.717, 1.165) is 110 Å². The maximum Gasteiger partial charge on any atom is 0.113 e. The lowest BCUT2D eigenvalue weighted by Gasteiger charge is -2.50. The summed E-state index contributed by atoms with van der Waals surface area (Å²) in [5, 5.41) is 2.69. The highest BCUT2D eigenvalue weighted by Crippen LogP contribution is 2.54. The van der Waals surface area contributed by atoms with E-state index in [0.29, 0.717) is 16.4 Å². The highest BCUT2D eigenvalue weighted by Gasteiger charge is 2.52. The number of nitrogens with zero attached hydrogens (tertiary/aromatic N) is 7. The first kappa shape index (κ1) is 114. The molecule has 7 aromatic carbocycles. The zero-order chi connectivity index (χ0) is 99.5. The lowest BCUT2D eigenvalue weighted by Crippen LogP contribution is -2.54. The summed E-state index contributed by atoms with van der Waals surface area (Å²) in [5.74, 6) is 1.02. The van der Waals surface area contributed by atoms with E-state index in [1.54, 1.807) is 5.56 Å². The van der Waals surface area contributed by atoms with Crippen molar-refractivity contribution in [1.82, 2.24) is 9.47 Å². The van der Waals surface area contributed by atoms with Gasteiger partial charge in [-0.15, -0.1) is 0 Å². The standard InChI is InChI=1S/C17H25NO.2C16H23NO.C16H17N.2C15H21NO.C13H25N.7C2H6/c1-16(2,3)18-11-8-17(9-12-19-13-10-17)14-6-4-5-7-15(14)18;1-15(2,3)17-11-10-16(9-6-12-18-16)13-7-4-5-8-14(13)17;1-15(2,3)17-10-8-16(9-11-18-12-16)13-6-4-5-7-14(13)17;1-16(2,3)17-14-10-6-4-8-12(14)13-9-5-7-11-15(13)17;1-14(2,3)16-11-15(9-6-10-17-15)12-7-4-5-8-13(12)16;1-14(2,3)16-10-15(8-9-17-11-15)12-6-4-5-7-13(12)16;1-13(2,3)14-10-6-8-11-7-4-5-9-12(11)14;7*1-2/h4-7H,8-13H2,1-3H3;4-5,7-8H,6,9-12H2,1-3H3;4-7H,8-12H2,1-3H3;4-11H,1-3H3;4-5,7-8H,6,9-11H2,1-3H3;4-7H,8-11H2,1-3H3;11-12H,4-10H2,1-3H3;7*1-2H3. The van der Waals surface area contributed by atoms with E-state index >= 15 is 0 Å². The van der Waals surface area contributed by atoms with E-state index in [1.807, 2.05) is 96.9 Å². The van der Waals surface area contributed by atoms with Gasteiger partial charge < -0.3 is 52.8 Å². The van der Waals surface area contributed by atoms with Crippen LogP contribution in [0.5, 0.6) is 0 Å². The van der Waals surface area contributed by atoms with Gasteiger partial charge in [-0.25, -0.2) is 0 Å². The van der Waals surface area contributed by atoms with Crippen molar-refractivity contribution in [2.75, 3.05) is 117 Å². The number of benzene rings is 7. The Hall–Kier alpha value is -6.90. The fourth-order valence-corrected chi connectivity index (χ4v) is 23.0. The first-order valence-electron chi connectivity index (χ1n) is 53.9. The molecule has 1 saturated carbocycles. The van der Waals surface area contributed by atoms with Crippen molar-refractivity contribution in [3.63, 3.8) is 0 Å². The summed E-state index contributed by atoms with van der Waals surface area (Å²) in [6.45, 7) is 90.5. The number of aromatic nitrogens is 1. The molecule has 6 atom stereocenters. The molecular formula is C122H197N7O5. The lowest BCUT2D eigenvalue weighted by molar-refractivity contribution is -0.00979. The minimum atomic E-state index is -0.0239. The van der Waals surface area contributed by atoms with E-state index in [9.17, 15) is 0 Å². The monoisotopic (exact) mass is 1840 g/mol. The second-order valence-corrected chi connectivity index (χ2v) is 44.4. The largest absolute Gasteiger partial charge is 0.381 e. The van der Waals surface area contributed by atoms with Crippen LogP contribution in [-0.4, -0.2) is 141 Å². The van der Waals surface area contributed by atoms with Crippen LogP contribution < -0.4 is 24.5 Å². The van der Waals surface area contributed by atoms with E-state index in [-0.39, 0.29) is 49.9 Å². The second-order valence-electron chi connectivity index (χ2n) is 44.4. The van der Waals surface area contributed by atoms with Gasteiger partial charge in [0.25, 0.3) is 0 Å². The molecule has 1 aromatic heterocycles. The summed E-state index contributed by atoms with van der Waals surface area (Å²) in [7, 11) is 0. The highest BCUT2D eigenvalue weighted by atomic mass is 16.5. The fraction of sp³-hybridized carbons (Fsp3) is 0.656. The molecule has 12 aliphatic rings. The van der Waals surface area contributed by atoms with Crippen LogP contribution in [0.4, 0.5) is 28.4 Å². The van der Waals surface area contributed by atoms with Gasteiger partial charge in [0.15, 0.2) is 0 Å². The molecule has 1 aliphatic carbocycles. The number of ether oxygens (including phenoxy) is 5. The van der Waals surface area contributed by atoms with Gasteiger partial charge in [-0.3, -0.25) is 4.90 Å². The number of anilines is 5. The van der Waals surface area contributed by atoms with Crippen LogP contribution in [0.1, 0.15) is 379 Å². The van der Waals surface area contributed by atoms with Gasteiger partial charge in [0.1, 0.15) is 5.60 Å². The summed E-state index contributed by atoms with van der Waals surface area (Å²) in [4.78, 5) is 15.5. The summed E-state index contributed by atoms with van der Waals surface area (Å²) in [5.41, 5.74) is 19.3. The number of piperidine rings is 1. The van der Waals surface area contributed by atoms with Crippen molar-refractivity contribution >= 4 is 50.2 Å². The number of para-hydroxylation sites is 7. The van der Waals surface area contributed by atoms with Gasteiger partial charge in [0.05, 0.1) is 25.4 Å². The van der Waals surface area contributed by atoms with Crippen molar-refractivity contribution in [2.45, 2.75) is 424 Å². The van der Waals surface area contributed by atoms with E-state index in [4.69, 9.17) is 23.7 Å². The first-order chi connectivity index (χ1) is 63.8. The Labute approximate surface area is 822 Å². The Morgan fingerprint density at radius 3 is 0.985 bits per heavy atom. The van der Waals surface area contributed by atoms with Crippen LogP contribution in [0.25, 0.3) is 21.8 Å². The van der Waals surface area contributed by atoms with E-state index in [1.165, 1.54) is 175 Å². The summed E-state index contributed by atoms with van der Waals surface area (Å²) < 4.78 is 31.6. The van der Waals surface area contributed by atoms with Crippen LogP contribution >= 0.6 is 0 Å². The number of hydrogen-bond acceptors (Lipinski definition) is 11. The smallest absolute Gasteiger partial charge is 0.113 e. The molecule has 5 spiro atoms. The van der Waals surface area contributed by atoms with Crippen molar-refractivity contribution in [3.8, 4) is 0 Å². The van der Waals surface area contributed by atoms with Gasteiger partial charge in [0, 0.05) is 188 Å². The molecule has 12 heterocycles. The van der Waals surface area contributed by atoms with Crippen LogP contribution in [0.3, 0.4) is 0 Å². The van der Waals surface area contributed by atoms with Crippen LogP contribution in [0.2, 0.25) is 0 Å². The molecule has 0 amide bonds. The van der Waals surface area contributed by atoms with Gasteiger partial charge in [-0.2, -0.15) is 0 Å². The Kier molecular flexibility index (Phi) is 42.8. The van der Waals surface area contributed by atoms with Crippen molar-refractivity contribution in [3.05, 3.63) is 198 Å². The van der Waals surface area contributed by atoms with E-state index in [2.05, 4.69) is 349 Å². The minimum absolute atomic E-state index is 0.0122. The quantitative estimate of drug-likeness (QED) is 0.146. The molecule has 12 nitrogen and oxygen atoms in total.